The van der Waals surface area contributed by atoms with E-state index >= 15 is 0 Å². The van der Waals surface area contributed by atoms with Gasteiger partial charge in [-0.25, -0.2) is 9.97 Å². The summed E-state index contributed by atoms with van der Waals surface area (Å²) in [4.78, 5) is 31.5. The zero-order valence-electron chi connectivity index (χ0n) is 13.7. The third-order valence-electron chi connectivity index (χ3n) is 4.39. The summed E-state index contributed by atoms with van der Waals surface area (Å²) in [6.45, 7) is 1.66. The Hall–Kier alpha value is -3.09. The standard InChI is InChI=1S/C18H18N6O/c25-18(16-11-19-7-8-20-16)22-13-5-9-24(10-6-13)17-12-21-14-3-1-2-4-15(14)23-17/h1-4,7-8,11-13H,5-6,9-10H2,(H,22,25). The van der Waals surface area contributed by atoms with Gasteiger partial charge in [-0.15, -0.1) is 0 Å². The average molecular weight is 334 g/mol. The van der Waals surface area contributed by atoms with Gasteiger partial charge in [-0.2, -0.15) is 0 Å². The van der Waals surface area contributed by atoms with Crippen LogP contribution in [0.3, 0.4) is 0 Å². The summed E-state index contributed by atoms with van der Waals surface area (Å²) >= 11 is 0. The van der Waals surface area contributed by atoms with Crippen molar-refractivity contribution in [3.05, 3.63) is 54.7 Å². The number of aromatic nitrogens is 4. The maximum absolute atomic E-state index is 12.2. The van der Waals surface area contributed by atoms with Crippen LogP contribution in [0.1, 0.15) is 23.3 Å². The molecule has 0 radical (unpaired) electrons. The molecule has 4 rings (SSSR count). The number of fused-ring (bicyclic) bond motifs is 1. The molecule has 0 aliphatic carbocycles. The molecule has 1 aromatic carbocycles. The summed E-state index contributed by atoms with van der Waals surface area (Å²) < 4.78 is 0. The zero-order chi connectivity index (χ0) is 17.1. The van der Waals surface area contributed by atoms with E-state index in [4.69, 9.17) is 4.98 Å². The molecule has 1 fully saturated rings. The maximum atomic E-state index is 12.2. The molecule has 25 heavy (non-hydrogen) atoms. The van der Waals surface area contributed by atoms with Gasteiger partial charge in [-0.1, -0.05) is 12.1 Å². The van der Waals surface area contributed by atoms with Crippen LogP contribution in [0.4, 0.5) is 5.82 Å². The molecule has 2 aromatic heterocycles. The number of rotatable bonds is 3. The lowest BCUT2D eigenvalue weighted by molar-refractivity contribution is 0.0925. The van der Waals surface area contributed by atoms with Crippen LogP contribution in [0.2, 0.25) is 0 Å². The largest absolute Gasteiger partial charge is 0.355 e. The molecule has 1 aliphatic heterocycles. The number of piperidine rings is 1. The van der Waals surface area contributed by atoms with Gasteiger partial charge in [-0.3, -0.25) is 14.8 Å². The lowest BCUT2D eigenvalue weighted by Crippen LogP contribution is -2.45. The molecule has 1 amide bonds. The number of hydrogen-bond donors (Lipinski definition) is 1. The molecule has 126 valence electrons. The van der Waals surface area contributed by atoms with E-state index in [1.807, 2.05) is 30.5 Å². The molecule has 0 spiro atoms. The van der Waals surface area contributed by atoms with E-state index in [2.05, 4.69) is 25.2 Å². The fourth-order valence-electron chi connectivity index (χ4n) is 3.03. The first-order valence-corrected chi connectivity index (χ1v) is 8.33. The molecule has 1 saturated heterocycles. The predicted molar refractivity (Wildman–Crippen MR) is 94.3 cm³/mol. The molecule has 7 nitrogen and oxygen atoms in total. The van der Waals surface area contributed by atoms with Gasteiger partial charge in [-0.05, 0) is 25.0 Å². The Bertz CT molecular complexity index is 877. The van der Waals surface area contributed by atoms with Crippen LogP contribution in [0, 0.1) is 0 Å². The summed E-state index contributed by atoms with van der Waals surface area (Å²) in [7, 11) is 0. The summed E-state index contributed by atoms with van der Waals surface area (Å²) in [6.07, 6.45) is 8.10. The minimum absolute atomic E-state index is 0.138. The van der Waals surface area contributed by atoms with E-state index in [-0.39, 0.29) is 11.9 Å². The first-order chi connectivity index (χ1) is 12.3. The van der Waals surface area contributed by atoms with Crippen LogP contribution in [0.5, 0.6) is 0 Å². The van der Waals surface area contributed by atoms with Gasteiger partial charge in [0.05, 0.1) is 23.4 Å². The fourth-order valence-corrected chi connectivity index (χ4v) is 3.03. The van der Waals surface area contributed by atoms with Gasteiger partial charge in [0.2, 0.25) is 0 Å². The summed E-state index contributed by atoms with van der Waals surface area (Å²) in [6, 6.07) is 8.00. The van der Waals surface area contributed by atoms with Crippen molar-refractivity contribution in [1.82, 2.24) is 25.3 Å². The van der Waals surface area contributed by atoms with E-state index in [9.17, 15) is 4.79 Å². The molecule has 0 unspecified atom stereocenters. The van der Waals surface area contributed by atoms with E-state index in [1.165, 1.54) is 12.4 Å². The summed E-state index contributed by atoms with van der Waals surface area (Å²) in [5, 5.41) is 3.03. The molecule has 1 aliphatic rings. The van der Waals surface area contributed by atoms with Gasteiger partial charge >= 0.3 is 0 Å². The molecule has 3 heterocycles. The van der Waals surface area contributed by atoms with Crippen LogP contribution in [0.25, 0.3) is 11.0 Å². The quantitative estimate of drug-likeness (QED) is 0.786. The second kappa shape index (κ2) is 6.80. The second-order valence-electron chi connectivity index (χ2n) is 6.04. The lowest BCUT2D eigenvalue weighted by atomic mass is 10.0. The Balaban J connectivity index is 1.38. The van der Waals surface area contributed by atoms with Crippen molar-refractivity contribution in [2.45, 2.75) is 18.9 Å². The Labute approximate surface area is 145 Å². The lowest BCUT2D eigenvalue weighted by Gasteiger charge is -2.33. The number of nitrogens with zero attached hydrogens (tertiary/aromatic N) is 5. The Kier molecular flexibility index (Phi) is 4.20. The number of carbonyl (C=O) groups excluding carboxylic acids is 1. The SMILES string of the molecule is O=C(NC1CCN(c2cnc3ccccc3n2)CC1)c1cnccn1. The van der Waals surface area contributed by atoms with Crippen molar-refractivity contribution >= 4 is 22.8 Å². The van der Waals surface area contributed by atoms with E-state index in [0.717, 1.165) is 42.8 Å². The number of anilines is 1. The predicted octanol–water partition coefficient (Wildman–Crippen LogP) is 1.82. The highest BCUT2D eigenvalue weighted by Crippen LogP contribution is 2.20. The highest BCUT2D eigenvalue weighted by molar-refractivity contribution is 5.92. The number of hydrogen-bond acceptors (Lipinski definition) is 6. The number of amides is 1. The van der Waals surface area contributed by atoms with Crippen molar-refractivity contribution in [3.8, 4) is 0 Å². The van der Waals surface area contributed by atoms with Crippen molar-refractivity contribution in [1.29, 1.82) is 0 Å². The molecular weight excluding hydrogens is 316 g/mol. The average Bonchev–Trinajstić information content (AvgIpc) is 2.69. The highest BCUT2D eigenvalue weighted by atomic mass is 16.1. The van der Waals surface area contributed by atoms with Crippen LogP contribution in [-0.2, 0) is 0 Å². The van der Waals surface area contributed by atoms with Gasteiger partial charge in [0, 0.05) is 31.5 Å². The van der Waals surface area contributed by atoms with Crippen LogP contribution in [-0.4, -0.2) is 45.0 Å². The van der Waals surface area contributed by atoms with Crippen LogP contribution in [0.15, 0.2) is 49.1 Å². The highest BCUT2D eigenvalue weighted by Gasteiger charge is 2.22. The third-order valence-corrected chi connectivity index (χ3v) is 4.39. The molecule has 0 atom stereocenters. The number of nitrogens with one attached hydrogen (secondary N) is 1. The topological polar surface area (TPSA) is 83.9 Å². The van der Waals surface area contributed by atoms with Crippen LogP contribution < -0.4 is 10.2 Å². The number of para-hydroxylation sites is 2. The molecule has 7 heteroatoms. The Morgan fingerprint density at radius 3 is 2.60 bits per heavy atom. The van der Waals surface area contributed by atoms with Crippen molar-refractivity contribution in [3.63, 3.8) is 0 Å². The molecule has 3 aromatic rings. The smallest absolute Gasteiger partial charge is 0.271 e. The van der Waals surface area contributed by atoms with Gasteiger partial charge < -0.3 is 10.2 Å². The molecule has 1 N–H and O–H groups in total. The number of carbonyl (C=O) groups is 1. The molecular formula is C18H18N6O. The minimum atomic E-state index is -0.169. The normalized spacial score (nSPS) is 15.3. The van der Waals surface area contributed by atoms with E-state index < -0.39 is 0 Å². The Morgan fingerprint density at radius 1 is 1.04 bits per heavy atom. The van der Waals surface area contributed by atoms with Crippen molar-refractivity contribution < 1.29 is 4.79 Å². The van der Waals surface area contributed by atoms with Gasteiger partial charge in [0.25, 0.3) is 5.91 Å². The zero-order valence-corrected chi connectivity index (χ0v) is 13.7. The molecule has 0 saturated carbocycles. The summed E-state index contributed by atoms with van der Waals surface area (Å²) in [5.74, 6) is 0.717. The monoisotopic (exact) mass is 334 g/mol. The number of benzene rings is 1. The maximum Gasteiger partial charge on any atom is 0.271 e. The van der Waals surface area contributed by atoms with Crippen LogP contribution >= 0.6 is 0 Å². The Morgan fingerprint density at radius 2 is 1.84 bits per heavy atom. The van der Waals surface area contributed by atoms with Crippen molar-refractivity contribution in [2.24, 2.45) is 0 Å². The summed E-state index contributed by atoms with van der Waals surface area (Å²) in [5.41, 5.74) is 2.15. The first kappa shape index (κ1) is 15.4. The fraction of sp³-hybridized carbons (Fsp3) is 0.278. The first-order valence-electron chi connectivity index (χ1n) is 8.33. The molecule has 0 bridgehead atoms. The van der Waals surface area contributed by atoms with Crippen molar-refractivity contribution in [2.75, 3.05) is 18.0 Å². The second-order valence-corrected chi connectivity index (χ2v) is 6.04. The van der Waals surface area contributed by atoms with Gasteiger partial charge in [0.15, 0.2) is 0 Å². The van der Waals surface area contributed by atoms with Gasteiger partial charge in [0.1, 0.15) is 11.5 Å². The van der Waals surface area contributed by atoms with E-state index in [0.29, 0.717) is 5.69 Å². The van der Waals surface area contributed by atoms with E-state index in [1.54, 1.807) is 6.20 Å². The third kappa shape index (κ3) is 3.40. The minimum Gasteiger partial charge on any atom is -0.355 e.